The Balaban J connectivity index is 3.25. The van der Waals surface area contributed by atoms with E-state index in [-0.39, 0.29) is 0 Å². The Kier molecular flexibility index (Phi) is 2.28. The Bertz CT molecular complexity index is 264. The summed E-state index contributed by atoms with van der Waals surface area (Å²) in [5.74, 6) is 0. The van der Waals surface area contributed by atoms with Crippen molar-refractivity contribution < 1.29 is 0 Å². The van der Waals surface area contributed by atoms with Crippen LogP contribution in [0, 0.1) is 20.8 Å². The van der Waals surface area contributed by atoms with Crippen molar-refractivity contribution in [1.29, 1.82) is 0 Å². The molecule has 11 heavy (non-hydrogen) atoms. The molecule has 0 aromatic carbocycles. The van der Waals surface area contributed by atoms with Gasteiger partial charge in [0.2, 0.25) is 0 Å². The maximum atomic E-state index is 4.36. The predicted octanol–water partition coefficient (Wildman–Crippen LogP) is 2.57. The molecule has 1 heterocycles. The van der Waals surface area contributed by atoms with Crippen molar-refractivity contribution in [2.24, 2.45) is 0 Å². The number of pyridine rings is 1. The molecule has 0 amide bonds. The molecule has 0 saturated carbocycles. The number of aryl methyl sites for hydroxylation is 2. The first kappa shape index (κ1) is 8.25. The lowest BCUT2D eigenvalue weighted by Crippen LogP contribution is -1.96. The van der Waals surface area contributed by atoms with Crippen LogP contribution in [0.4, 0.5) is 0 Å². The summed E-state index contributed by atoms with van der Waals surface area (Å²) in [4.78, 5) is 4.36. The first-order valence-electron chi connectivity index (χ1n) is 4.08. The number of nitrogens with zero attached hydrogens (tertiary/aromatic N) is 1. The Morgan fingerprint density at radius 3 is 2.36 bits per heavy atom. The van der Waals surface area contributed by atoms with Crippen molar-refractivity contribution in [3.05, 3.63) is 28.6 Å². The second kappa shape index (κ2) is 3.04. The third-order valence-corrected chi connectivity index (χ3v) is 2.34. The molecule has 0 spiro atoms. The smallest absolute Gasteiger partial charge is 0.0432 e. The molecule has 1 aromatic heterocycles. The molecule has 60 valence electrons. The normalized spacial score (nSPS) is 10.2. The summed E-state index contributed by atoms with van der Waals surface area (Å²) in [7, 11) is 0. The largest absolute Gasteiger partial charge is 0.261 e. The van der Waals surface area contributed by atoms with E-state index in [2.05, 4.69) is 32.7 Å². The van der Waals surface area contributed by atoms with Gasteiger partial charge in [-0.3, -0.25) is 4.98 Å². The van der Waals surface area contributed by atoms with Crippen LogP contribution >= 0.6 is 0 Å². The van der Waals surface area contributed by atoms with E-state index in [0.29, 0.717) is 0 Å². The lowest BCUT2D eigenvalue weighted by Gasteiger charge is -2.07. The van der Waals surface area contributed by atoms with Gasteiger partial charge in [0.05, 0.1) is 0 Å². The molecular weight excluding hydrogens is 134 g/mol. The monoisotopic (exact) mass is 149 g/mol. The maximum absolute atomic E-state index is 4.36. The fourth-order valence-corrected chi connectivity index (χ4v) is 1.24. The van der Waals surface area contributed by atoms with Crippen LogP contribution in [0.5, 0.6) is 0 Å². The Morgan fingerprint density at radius 2 is 1.82 bits per heavy atom. The van der Waals surface area contributed by atoms with E-state index in [1.54, 1.807) is 0 Å². The van der Waals surface area contributed by atoms with Crippen molar-refractivity contribution in [3.63, 3.8) is 0 Å². The Hall–Kier alpha value is -0.850. The van der Waals surface area contributed by atoms with Gasteiger partial charge in [-0.1, -0.05) is 6.92 Å². The van der Waals surface area contributed by atoms with Gasteiger partial charge in [0.15, 0.2) is 0 Å². The fourth-order valence-electron chi connectivity index (χ4n) is 1.24. The van der Waals surface area contributed by atoms with E-state index in [1.807, 2.05) is 6.20 Å². The van der Waals surface area contributed by atoms with Gasteiger partial charge in [-0.25, -0.2) is 0 Å². The average molecular weight is 149 g/mol. The van der Waals surface area contributed by atoms with Crippen molar-refractivity contribution in [2.45, 2.75) is 34.1 Å². The second-order valence-corrected chi connectivity index (χ2v) is 2.99. The van der Waals surface area contributed by atoms with Crippen LogP contribution in [-0.2, 0) is 6.42 Å². The fraction of sp³-hybridized carbons (Fsp3) is 0.500. The summed E-state index contributed by atoms with van der Waals surface area (Å²) in [5, 5.41) is 0. The van der Waals surface area contributed by atoms with Gasteiger partial charge in [0.25, 0.3) is 0 Å². The molecule has 0 atom stereocenters. The highest BCUT2D eigenvalue weighted by Crippen LogP contribution is 2.14. The molecule has 1 rings (SSSR count). The summed E-state index contributed by atoms with van der Waals surface area (Å²) >= 11 is 0. The Labute approximate surface area is 68.5 Å². The third-order valence-electron chi connectivity index (χ3n) is 2.34. The first-order valence-corrected chi connectivity index (χ1v) is 4.08. The predicted molar refractivity (Wildman–Crippen MR) is 47.8 cm³/mol. The highest BCUT2D eigenvalue weighted by Gasteiger charge is 2.01. The van der Waals surface area contributed by atoms with E-state index in [4.69, 9.17) is 0 Å². The van der Waals surface area contributed by atoms with Crippen LogP contribution in [0.25, 0.3) is 0 Å². The minimum absolute atomic E-state index is 1.03. The quantitative estimate of drug-likeness (QED) is 0.598. The summed E-state index contributed by atoms with van der Waals surface area (Å²) in [5.41, 5.74) is 5.26. The van der Waals surface area contributed by atoms with E-state index < -0.39 is 0 Å². The SMILES string of the molecule is CCc1ncc(C)c(C)c1C. The molecular formula is C10H15N. The van der Waals surface area contributed by atoms with E-state index in [9.17, 15) is 0 Å². The van der Waals surface area contributed by atoms with Gasteiger partial charge in [-0.05, 0) is 43.9 Å². The molecule has 1 heteroatoms. The molecule has 0 fully saturated rings. The highest BCUT2D eigenvalue weighted by molar-refractivity contribution is 5.33. The minimum Gasteiger partial charge on any atom is -0.261 e. The van der Waals surface area contributed by atoms with E-state index in [1.165, 1.54) is 22.4 Å². The molecule has 0 N–H and O–H groups in total. The summed E-state index contributed by atoms with van der Waals surface area (Å²) < 4.78 is 0. The zero-order valence-electron chi connectivity index (χ0n) is 7.73. The molecule has 0 aliphatic carbocycles. The Morgan fingerprint density at radius 1 is 1.18 bits per heavy atom. The highest BCUT2D eigenvalue weighted by atomic mass is 14.7. The van der Waals surface area contributed by atoms with Crippen LogP contribution in [-0.4, -0.2) is 4.98 Å². The summed E-state index contributed by atoms with van der Waals surface area (Å²) in [6.07, 6.45) is 2.99. The summed E-state index contributed by atoms with van der Waals surface area (Å²) in [6, 6.07) is 0. The van der Waals surface area contributed by atoms with Crippen LogP contribution in [0.3, 0.4) is 0 Å². The van der Waals surface area contributed by atoms with Crippen LogP contribution in [0.1, 0.15) is 29.3 Å². The molecule has 0 aliphatic heterocycles. The van der Waals surface area contributed by atoms with Gasteiger partial charge in [0, 0.05) is 11.9 Å². The molecule has 0 saturated heterocycles. The van der Waals surface area contributed by atoms with Crippen molar-refractivity contribution in [3.8, 4) is 0 Å². The van der Waals surface area contributed by atoms with Gasteiger partial charge in [0.1, 0.15) is 0 Å². The zero-order valence-corrected chi connectivity index (χ0v) is 7.73. The molecule has 0 radical (unpaired) electrons. The van der Waals surface area contributed by atoms with Gasteiger partial charge >= 0.3 is 0 Å². The standard InChI is InChI=1S/C10H15N/c1-5-10-9(4)8(3)7(2)6-11-10/h6H,5H2,1-4H3. The van der Waals surface area contributed by atoms with Crippen molar-refractivity contribution in [1.82, 2.24) is 4.98 Å². The third kappa shape index (κ3) is 1.42. The molecule has 1 aromatic rings. The van der Waals surface area contributed by atoms with Crippen LogP contribution in [0.15, 0.2) is 6.20 Å². The lowest BCUT2D eigenvalue weighted by atomic mass is 10.0. The van der Waals surface area contributed by atoms with Crippen LogP contribution < -0.4 is 0 Å². The maximum Gasteiger partial charge on any atom is 0.0432 e. The lowest BCUT2D eigenvalue weighted by molar-refractivity contribution is 0.984. The zero-order chi connectivity index (χ0) is 8.43. The summed E-state index contributed by atoms with van der Waals surface area (Å²) in [6.45, 7) is 8.55. The first-order chi connectivity index (χ1) is 5.16. The number of hydrogen-bond donors (Lipinski definition) is 0. The van der Waals surface area contributed by atoms with E-state index >= 15 is 0 Å². The van der Waals surface area contributed by atoms with Crippen molar-refractivity contribution in [2.75, 3.05) is 0 Å². The topological polar surface area (TPSA) is 12.9 Å². The van der Waals surface area contributed by atoms with Gasteiger partial charge < -0.3 is 0 Å². The number of hydrogen-bond acceptors (Lipinski definition) is 1. The second-order valence-electron chi connectivity index (χ2n) is 2.99. The van der Waals surface area contributed by atoms with Gasteiger partial charge in [-0.2, -0.15) is 0 Å². The molecule has 0 unspecified atom stereocenters. The number of aromatic nitrogens is 1. The molecule has 1 nitrogen and oxygen atoms in total. The average Bonchev–Trinajstić information content (AvgIpc) is 2.01. The minimum atomic E-state index is 1.03. The van der Waals surface area contributed by atoms with Gasteiger partial charge in [-0.15, -0.1) is 0 Å². The van der Waals surface area contributed by atoms with Crippen molar-refractivity contribution >= 4 is 0 Å². The van der Waals surface area contributed by atoms with E-state index in [0.717, 1.165) is 6.42 Å². The van der Waals surface area contributed by atoms with Crippen LogP contribution in [0.2, 0.25) is 0 Å². The number of rotatable bonds is 1. The molecule has 0 bridgehead atoms. The molecule has 0 aliphatic rings.